The van der Waals surface area contributed by atoms with E-state index in [-0.39, 0.29) is 17.0 Å². The van der Waals surface area contributed by atoms with Crippen LogP contribution in [-0.2, 0) is 15.8 Å². The zero-order chi connectivity index (χ0) is 18.3. The van der Waals surface area contributed by atoms with Gasteiger partial charge in [-0.2, -0.15) is 13.2 Å². The Morgan fingerprint density at radius 3 is 2.42 bits per heavy atom. The predicted octanol–water partition coefficient (Wildman–Crippen LogP) is 3.19. The first-order chi connectivity index (χ1) is 10.9. The lowest BCUT2D eigenvalue weighted by molar-refractivity contribution is -0.140. The Bertz CT molecular complexity index is 665. The minimum atomic E-state index is -4.87. The number of hydrogen-bond acceptors (Lipinski definition) is 2. The third kappa shape index (κ3) is 3.68. The Hall–Kier alpha value is -2.12. The maximum absolute atomic E-state index is 13.3. The second-order valence-electron chi connectivity index (χ2n) is 6.88. The fourth-order valence-corrected chi connectivity index (χ4v) is 2.77. The molecule has 0 aromatic heterocycles. The fraction of sp³-hybridized carbons (Fsp3) is 0.500. The maximum Gasteiger partial charge on any atom is 0.419 e. The lowest BCUT2D eigenvalue weighted by atomic mass is 9.74. The van der Waals surface area contributed by atoms with E-state index in [1.165, 1.54) is 0 Å². The van der Waals surface area contributed by atoms with E-state index >= 15 is 0 Å². The van der Waals surface area contributed by atoms with E-state index in [2.05, 4.69) is 10.6 Å². The molecule has 8 heteroatoms. The van der Waals surface area contributed by atoms with Crippen LogP contribution in [0.25, 0.3) is 0 Å². The summed E-state index contributed by atoms with van der Waals surface area (Å²) in [6.45, 7) is 5.94. The van der Waals surface area contributed by atoms with Gasteiger partial charge in [0.25, 0.3) is 0 Å². The van der Waals surface area contributed by atoms with E-state index in [0.717, 1.165) is 6.07 Å². The summed E-state index contributed by atoms with van der Waals surface area (Å²) in [5, 5.41) is 4.89. The van der Waals surface area contributed by atoms with Crippen molar-refractivity contribution in [2.75, 3.05) is 11.9 Å². The highest BCUT2D eigenvalue weighted by Gasteiger charge is 2.45. The number of halogens is 4. The summed E-state index contributed by atoms with van der Waals surface area (Å²) < 4.78 is 51.5. The number of anilines is 1. The van der Waals surface area contributed by atoms with Crippen molar-refractivity contribution in [2.24, 2.45) is 17.3 Å². The van der Waals surface area contributed by atoms with Gasteiger partial charge in [-0.15, -0.1) is 0 Å². The highest BCUT2D eigenvalue weighted by Crippen LogP contribution is 2.36. The van der Waals surface area contributed by atoms with E-state index in [0.29, 0.717) is 18.7 Å². The molecule has 2 N–H and O–H groups in total. The SMILES string of the molecule is CC(C)(C)[C@H]1CNC(=O)[C@H]1C(=O)Nc1ccc(F)c(C(F)(F)F)c1. The van der Waals surface area contributed by atoms with Crippen LogP contribution < -0.4 is 10.6 Å². The van der Waals surface area contributed by atoms with E-state index in [4.69, 9.17) is 0 Å². The van der Waals surface area contributed by atoms with Gasteiger partial charge < -0.3 is 10.6 Å². The Kier molecular flexibility index (Phi) is 4.61. The number of rotatable bonds is 2. The summed E-state index contributed by atoms with van der Waals surface area (Å²) in [6, 6.07) is 2.18. The number of carbonyl (C=O) groups excluding carboxylic acids is 2. The smallest absolute Gasteiger partial charge is 0.355 e. The molecular formula is C16H18F4N2O2. The largest absolute Gasteiger partial charge is 0.419 e. The first-order valence-electron chi connectivity index (χ1n) is 7.36. The van der Waals surface area contributed by atoms with E-state index in [9.17, 15) is 27.2 Å². The Balaban J connectivity index is 2.25. The van der Waals surface area contributed by atoms with Crippen LogP contribution in [0, 0.1) is 23.1 Å². The van der Waals surface area contributed by atoms with Crippen LogP contribution in [-0.4, -0.2) is 18.4 Å². The minimum Gasteiger partial charge on any atom is -0.355 e. The second kappa shape index (κ2) is 6.07. The van der Waals surface area contributed by atoms with Crippen LogP contribution >= 0.6 is 0 Å². The number of benzene rings is 1. The van der Waals surface area contributed by atoms with E-state index in [1.54, 1.807) is 0 Å². The summed E-state index contributed by atoms with van der Waals surface area (Å²) in [7, 11) is 0. The summed E-state index contributed by atoms with van der Waals surface area (Å²) in [5.74, 6) is -3.90. The highest BCUT2D eigenvalue weighted by atomic mass is 19.4. The van der Waals surface area contributed by atoms with Gasteiger partial charge in [0.2, 0.25) is 11.8 Å². The van der Waals surface area contributed by atoms with Crippen molar-refractivity contribution in [3.63, 3.8) is 0 Å². The summed E-state index contributed by atoms with van der Waals surface area (Å²) in [6.07, 6.45) is -4.87. The molecule has 1 aliphatic heterocycles. The van der Waals surface area contributed by atoms with Gasteiger partial charge in [0.15, 0.2) is 0 Å². The average molecular weight is 346 g/mol. The van der Waals surface area contributed by atoms with Crippen molar-refractivity contribution in [3.8, 4) is 0 Å². The Morgan fingerprint density at radius 1 is 1.25 bits per heavy atom. The second-order valence-corrected chi connectivity index (χ2v) is 6.88. The van der Waals surface area contributed by atoms with Gasteiger partial charge in [-0.1, -0.05) is 20.8 Å². The first kappa shape index (κ1) is 18.2. The number of hydrogen-bond donors (Lipinski definition) is 2. The molecule has 132 valence electrons. The average Bonchev–Trinajstić information content (AvgIpc) is 2.81. The summed E-state index contributed by atoms with van der Waals surface area (Å²) in [4.78, 5) is 24.3. The van der Waals surface area contributed by atoms with Gasteiger partial charge >= 0.3 is 6.18 Å². The predicted molar refractivity (Wildman–Crippen MR) is 79.5 cm³/mol. The summed E-state index contributed by atoms with van der Waals surface area (Å²) in [5.41, 5.74) is -2.02. The molecule has 0 radical (unpaired) electrons. The van der Waals surface area contributed by atoms with Crippen molar-refractivity contribution in [3.05, 3.63) is 29.6 Å². The van der Waals surface area contributed by atoms with Crippen LogP contribution in [0.15, 0.2) is 18.2 Å². The van der Waals surface area contributed by atoms with Crippen molar-refractivity contribution in [1.29, 1.82) is 0 Å². The number of amides is 2. The summed E-state index contributed by atoms with van der Waals surface area (Å²) >= 11 is 0. The van der Waals surface area contributed by atoms with Gasteiger partial charge in [0, 0.05) is 18.2 Å². The van der Waals surface area contributed by atoms with Gasteiger partial charge in [-0.3, -0.25) is 9.59 Å². The monoisotopic (exact) mass is 346 g/mol. The number of carbonyl (C=O) groups is 2. The lowest BCUT2D eigenvalue weighted by Crippen LogP contribution is -2.37. The van der Waals surface area contributed by atoms with Crippen LogP contribution in [0.3, 0.4) is 0 Å². The number of alkyl halides is 3. The van der Waals surface area contributed by atoms with Crippen molar-refractivity contribution >= 4 is 17.5 Å². The molecule has 0 spiro atoms. The number of nitrogens with one attached hydrogen (secondary N) is 2. The Labute approximate surface area is 136 Å². The molecule has 2 atom stereocenters. The van der Waals surface area contributed by atoms with Crippen LogP contribution in [0.4, 0.5) is 23.2 Å². The molecule has 4 nitrogen and oxygen atoms in total. The minimum absolute atomic E-state index is 0.207. The standard InChI is InChI=1S/C16H18F4N2O2/c1-15(2,3)10-7-21-13(23)12(10)14(24)22-8-4-5-11(17)9(6-8)16(18,19)20/h4-6,10,12H,7H2,1-3H3,(H,21,23)(H,22,24)/t10-,12-/m0/s1. The Morgan fingerprint density at radius 2 is 1.88 bits per heavy atom. The molecule has 0 aliphatic carbocycles. The molecule has 1 heterocycles. The quantitative estimate of drug-likeness (QED) is 0.638. The molecule has 1 aromatic carbocycles. The van der Waals surface area contributed by atoms with Crippen LogP contribution in [0.1, 0.15) is 26.3 Å². The van der Waals surface area contributed by atoms with Gasteiger partial charge in [-0.25, -0.2) is 4.39 Å². The van der Waals surface area contributed by atoms with Gasteiger partial charge in [0.1, 0.15) is 11.7 Å². The highest BCUT2D eigenvalue weighted by molar-refractivity contribution is 6.08. The fourth-order valence-electron chi connectivity index (χ4n) is 2.77. The van der Waals surface area contributed by atoms with Crippen molar-refractivity contribution in [2.45, 2.75) is 26.9 Å². The van der Waals surface area contributed by atoms with E-state index < -0.39 is 35.3 Å². The van der Waals surface area contributed by atoms with Crippen molar-refractivity contribution in [1.82, 2.24) is 5.32 Å². The van der Waals surface area contributed by atoms with Crippen molar-refractivity contribution < 1.29 is 27.2 Å². The zero-order valence-corrected chi connectivity index (χ0v) is 13.4. The molecule has 0 unspecified atom stereocenters. The third-order valence-corrected chi connectivity index (χ3v) is 4.12. The van der Waals surface area contributed by atoms with Crippen LogP contribution in [0.5, 0.6) is 0 Å². The molecule has 2 rings (SSSR count). The lowest BCUT2D eigenvalue weighted by Gasteiger charge is -2.29. The maximum atomic E-state index is 13.3. The van der Waals surface area contributed by atoms with Gasteiger partial charge in [-0.05, 0) is 23.6 Å². The van der Waals surface area contributed by atoms with E-state index in [1.807, 2.05) is 20.8 Å². The molecule has 0 bridgehead atoms. The molecule has 0 saturated carbocycles. The molecule has 24 heavy (non-hydrogen) atoms. The normalized spacial score (nSPS) is 21.5. The first-order valence-corrected chi connectivity index (χ1v) is 7.36. The molecule has 1 aliphatic rings. The third-order valence-electron chi connectivity index (χ3n) is 4.12. The molecule has 2 amide bonds. The molecule has 1 fully saturated rings. The zero-order valence-electron chi connectivity index (χ0n) is 13.4. The molecule has 1 aromatic rings. The topological polar surface area (TPSA) is 58.2 Å². The molecule has 1 saturated heterocycles. The van der Waals surface area contributed by atoms with Crippen LogP contribution in [0.2, 0.25) is 0 Å². The molecular weight excluding hydrogens is 328 g/mol. The van der Waals surface area contributed by atoms with Gasteiger partial charge in [0.05, 0.1) is 5.56 Å².